The molecule has 1 nitrogen and oxygen atoms in total. The molecule has 1 aliphatic heterocycles. The van der Waals surface area contributed by atoms with Crippen molar-refractivity contribution in [2.45, 2.75) is 52.9 Å². The van der Waals surface area contributed by atoms with Crippen LogP contribution in [0.25, 0.3) is 0 Å². The zero-order valence-corrected chi connectivity index (χ0v) is 9.60. The lowest BCUT2D eigenvalue weighted by molar-refractivity contribution is 0.0939. The van der Waals surface area contributed by atoms with Gasteiger partial charge in [-0.15, -0.1) is 0 Å². The first-order valence-electron chi connectivity index (χ1n) is 5.98. The van der Waals surface area contributed by atoms with Crippen LogP contribution in [0.1, 0.15) is 52.9 Å². The van der Waals surface area contributed by atoms with Gasteiger partial charge in [-0.05, 0) is 44.3 Å². The molecule has 0 bridgehead atoms. The van der Waals surface area contributed by atoms with Crippen LogP contribution < -0.4 is 0 Å². The number of piperidine rings is 1. The van der Waals surface area contributed by atoms with Crippen LogP contribution >= 0.6 is 0 Å². The Morgan fingerprint density at radius 2 is 1.69 bits per heavy atom. The van der Waals surface area contributed by atoms with Gasteiger partial charge in [0.05, 0.1) is 0 Å². The van der Waals surface area contributed by atoms with Gasteiger partial charge in [-0.3, -0.25) is 0 Å². The summed E-state index contributed by atoms with van der Waals surface area (Å²) in [5.74, 6) is 0. The van der Waals surface area contributed by atoms with Crippen molar-refractivity contribution in [2.24, 2.45) is 5.41 Å². The van der Waals surface area contributed by atoms with Crippen LogP contribution in [0.4, 0.5) is 0 Å². The van der Waals surface area contributed by atoms with Crippen LogP contribution in [0, 0.1) is 5.41 Å². The van der Waals surface area contributed by atoms with Gasteiger partial charge in [0, 0.05) is 0 Å². The van der Waals surface area contributed by atoms with E-state index < -0.39 is 0 Å². The molecule has 1 aliphatic rings. The van der Waals surface area contributed by atoms with E-state index in [0.717, 1.165) is 0 Å². The highest BCUT2D eigenvalue weighted by Gasteiger charge is 2.31. The molecule has 1 heterocycles. The van der Waals surface area contributed by atoms with Crippen molar-refractivity contribution in [3.05, 3.63) is 0 Å². The van der Waals surface area contributed by atoms with Crippen molar-refractivity contribution in [2.75, 3.05) is 19.6 Å². The van der Waals surface area contributed by atoms with Gasteiger partial charge in [0.25, 0.3) is 0 Å². The van der Waals surface area contributed by atoms with Gasteiger partial charge >= 0.3 is 0 Å². The molecule has 0 radical (unpaired) electrons. The fraction of sp³-hybridized carbons (Fsp3) is 1.00. The number of hydrogen-bond acceptors (Lipinski definition) is 1. The molecule has 0 aromatic heterocycles. The molecule has 0 saturated carbocycles. The Labute approximate surface area is 83.5 Å². The number of likely N-dealkylation sites (tertiary alicyclic amines) is 1. The van der Waals surface area contributed by atoms with Gasteiger partial charge in [0.15, 0.2) is 0 Å². The molecule has 78 valence electrons. The summed E-state index contributed by atoms with van der Waals surface area (Å²) in [7, 11) is 0. The highest BCUT2D eigenvalue weighted by Crippen LogP contribution is 2.38. The second-order valence-corrected chi connectivity index (χ2v) is 4.54. The normalized spacial score (nSPS) is 23.3. The Hall–Kier alpha value is -0.0400. The quantitative estimate of drug-likeness (QED) is 0.646. The van der Waals surface area contributed by atoms with Crippen LogP contribution in [-0.4, -0.2) is 24.5 Å². The van der Waals surface area contributed by atoms with E-state index in [1.165, 1.54) is 51.7 Å². The Balaban J connectivity index is 2.42. The van der Waals surface area contributed by atoms with Crippen LogP contribution in [0.2, 0.25) is 0 Å². The lowest BCUT2D eigenvalue weighted by Crippen LogP contribution is -2.39. The van der Waals surface area contributed by atoms with E-state index in [-0.39, 0.29) is 0 Å². The standard InChI is InChI=1S/C12H25N/c1-4-7-12(5-2)8-10-13(6-3)11-9-12/h4-11H2,1-3H3. The van der Waals surface area contributed by atoms with Gasteiger partial charge in [0.1, 0.15) is 0 Å². The van der Waals surface area contributed by atoms with Gasteiger partial charge in [0.2, 0.25) is 0 Å². The lowest BCUT2D eigenvalue weighted by atomic mass is 9.73. The molecule has 0 aromatic rings. The number of rotatable bonds is 4. The number of hydrogen-bond donors (Lipinski definition) is 0. The van der Waals surface area contributed by atoms with Gasteiger partial charge in [-0.25, -0.2) is 0 Å². The summed E-state index contributed by atoms with van der Waals surface area (Å²) in [6.45, 7) is 10.9. The van der Waals surface area contributed by atoms with Crippen LogP contribution in [0.3, 0.4) is 0 Å². The van der Waals surface area contributed by atoms with Gasteiger partial charge in [-0.2, -0.15) is 0 Å². The molecule has 1 rings (SSSR count). The van der Waals surface area contributed by atoms with E-state index >= 15 is 0 Å². The minimum absolute atomic E-state index is 0.709. The SMILES string of the molecule is CCCC1(CC)CCN(CC)CC1. The van der Waals surface area contributed by atoms with E-state index in [1.807, 2.05) is 0 Å². The lowest BCUT2D eigenvalue weighted by Gasteiger charge is -2.41. The van der Waals surface area contributed by atoms with Crippen LogP contribution in [-0.2, 0) is 0 Å². The molecule has 1 saturated heterocycles. The molecule has 13 heavy (non-hydrogen) atoms. The maximum Gasteiger partial charge on any atom is -0.00136 e. The second kappa shape index (κ2) is 4.99. The summed E-state index contributed by atoms with van der Waals surface area (Å²) >= 11 is 0. The Bertz CT molecular complexity index is 134. The predicted molar refractivity (Wildman–Crippen MR) is 59.0 cm³/mol. The van der Waals surface area contributed by atoms with Gasteiger partial charge < -0.3 is 4.90 Å². The molecular weight excluding hydrogens is 158 g/mol. The summed E-state index contributed by atoms with van der Waals surface area (Å²) in [5.41, 5.74) is 0.709. The molecule has 0 aliphatic carbocycles. The minimum Gasteiger partial charge on any atom is -0.304 e. The molecule has 0 aromatic carbocycles. The average molecular weight is 183 g/mol. The summed E-state index contributed by atoms with van der Waals surface area (Å²) in [4.78, 5) is 2.59. The molecule has 1 fully saturated rings. The zero-order chi connectivity index (χ0) is 9.73. The topological polar surface area (TPSA) is 3.24 Å². The van der Waals surface area contributed by atoms with Crippen molar-refractivity contribution < 1.29 is 0 Å². The van der Waals surface area contributed by atoms with E-state index in [1.54, 1.807) is 0 Å². The van der Waals surface area contributed by atoms with Gasteiger partial charge in [-0.1, -0.05) is 33.6 Å². The van der Waals surface area contributed by atoms with Crippen molar-refractivity contribution in [3.63, 3.8) is 0 Å². The summed E-state index contributed by atoms with van der Waals surface area (Å²) in [6.07, 6.45) is 7.07. The van der Waals surface area contributed by atoms with E-state index in [0.29, 0.717) is 5.41 Å². The fourth-order valence-electron chi connectivity index (χ4n) is 2.65. The Morgan fingerprint density at radius 1 is 1.08 bits per heavy atom. The monoisotopic (exact) mass is 183 g/mol. The van der Waals surface area contributed by atoms with E-state index in [4.69, 9.17) is 0 Å². The molecule has 0 amide bonds. The smallest absolute Gasteiger partial charge is 0.00136 e. The maximum atomic E-state index is 2.59. The summed E-state index contributed by atoms with van der Waals surface area (Å²) in [5, 5.41) is 0. The highest BCUT2D eigenvalue weighted by molar-refractivity contribution is 4.84. The molecule has 0 unspecified atom stereocenters. The average Bonchev–Trinajstić information content (AvgIpc) is 2.19. The molecule has 0 spiro atoms. The third-order valence-corrected chi connectivity index (χ3v) is 3.89. The largest absolute Gasteiger partial charge is 0.304 e. The third-order valence-electron chi connectivity index (χ3n) is 3.89. The first kappa shape index (κ1) is 11.0. The second-order valence-electron chi connectivity index (χ2n) is 4.54. The Morgan fingerprint density at radius 3 is 2.08 bits per heavy atom. The molecule has 0 N–H and O–H groups in total. The maximum absolute atomic E-state index is 2.59. The minimum atomic E-state index is 0.709. The van der Waals surface area contributed by atoms with E-state index in [9.17, 15) is 0 Å². The Kier molecular flexibility index (Phi) is 4.24. The third kappa shape index (κ3) is 2.70. The predicted octanol–water partition coefficient (Wildman–Crippen LogP) is 3.30. The molecule has 1 heteroatoms. The molecular formula is C12H25N. The summed E-state index contributed by atoms with van der Waals surface area (Å²) in [6, 6.07) is 0. The van der Waals surface area contributed by atoms with Crippen molar-refractivity contribution in [3.8, 4) is 0 Å². The molecule has 0 atom stereocenters. The van der Waals surface area contributed by atoms with Crippen molar-refractivity contribution in [1.29, 1.82) is 0 Å². The van der Waals surface area contributed by atoms with Crippen molar-refractivity contribution in [1.82, 2.24) is 4.90 Å². The van der Waals surface area contributed by atoms with E-state index in [2.05, 4.69) is 25.7 Å². The zero-order valence-electron chi connectivity index (χ0n) is 9.60. The number of nitrogens with zero attached hydrogens (tertiary/aromatic N) is 1. The van der Waals surface area contributed by atoms with Crippen LogP contribution in [0.5, 0.6) is 0 Å². The summed E-state index contributed by atoms with van der Waals surface area (Å²) < 4.78 is 0. The van der Waals surface area contributed by atoms with Crippen LogP contribution in [0.15, 0.2) is 0 Å². The first-order valence-corrected chi connectivity index (χ1v) is 5.98. The first-order chi connectivity index (χ1) is 6.26. The fourth-order valence-corrected chi connectivity index (χ4v) is 2.65. The highest BCUT2D eigenvalue weighted by atomic mass is 15.1. The van der Waals surface area contributed by atoms with Crippen molar-refractivity contribution >= 4 is 0 Å².